The first-order chi connectivity index (χ1) is 14.1. The largest absolute Gasteiger partial charge is 0.508 e. The molecule has 166 valence electrons. The monoisotopic (exact) mass is 421 g/mol. The number of benzene rings is 1. The van der Waals surface area contributed by atoms with Crippen molar-refractivity contribution in [2.45, 2.75) is 45.8 Å². The van der Waals surface area contributed by atoms with E-state index in [1.165, 1.54) is 12.1 Å². The summed E-state index contributed by atoms with van der Waals surface area (Å²) in [5.74, 6) is -1.67. The Morgan fingerprint density at radius 2 is 1.57 bits per heavy atom. The Kier molecular flexibility index (Phi) is 10.3. The van der Waals surface area contributed by atoms with E-state index >= 15 is 0 Å². The van der Waals surface area contributed by atoms with Gasteiger partial charge in [-0.25, -0.2) is 0 Å². The van der Waals surface area contributed by atoms with E-state index in [0.29, 0.717) is 6.54 Å². The second-order valence-electron chi connectivity index (χ2n) is 7.33. The maximum atomic E-state index is 12.2. The highest BCUT2D eigenvalue weighted by atomic mass is 16.3. The first-order valence-corrected chi connectivity index (χ1v) is 9.73. The van der Waals surface area contributed by atoms with E-state index < -0.39 is 29.8 Å². The van der Waals surface area contributed by atoms with Crippen LogP contribution in [0.4, 0.5) is 0 Å². The fraction of sp³-hybridized carbons (Fsp3) is 0.500. The second-order valence-corrected chi connectivity index (χ2v) is 7.33. The second kappa shape index (κ2) is 12.4. The van der Waals surface area contributed by atoms with Crippen molar-refractivity contribution in [1.82, 2.24) is 21.3 Å². The number of phenolic OH excluding ortho intramolecular Hbond substituents is 1. The Labute approximate surface area is 176 Å². The van der Waals surface area contributed by atoms with Gasteiger partial charge in [-0.05, 0) is 30.5 Å². The van der Waals surface area contributed by atoms with Crippen molar-refractivity contribution in [2.75, 3.05) is 13.1 Å². The molecule has 0 spiro atoms. The van der Waals surface area contributed by atoms with Gasteiger partial charge in [-0.1, -0.05) is 26.0 Å². The van der Waals surface area contributed by atoms with E-state index in [1.807, 2.05) is 0 Å². The summed E-state index contributed by atoms with van der Waals surface area (Å²) in [6.07, 6.45) is 0.0684. The number of hydrogen-bond donors (Lipinski definition) is 6. The van der Waals surface area contributed by atoms with Crippen LogP contribution in [-0.4, -0.2) is 53.9 Å². The number of aromatic hydroxyl groups is 1. The van der Waals surface area contributed by atoms with Gasteiger partial charge in [0.05, 0.1) is 13.1 Å². The Bertz CT molecular complexity index is 736. The zero-order valence-electron chi connectivity index (χ0n) is 17.5. The summed E-state index contributed by atoms with van der Waals surface area (Å²) in [4.78, 5) is 47.7. The van der Waals surface area contributed by atoms with Crippen LogP contribution in [-0.2, 0) is 25.7 Å². The molecule has 2 unspecified atom stereocenters. The van der Waals surface area contributed by atoms with E-state index in [2.05, 4.69) is 21.3 Å². The third-order valence-electron chi connectivity index (χ3n) is 4.20. The maximum Gasteiger partial charge on any atom is 0.243 e. The molecule has 0 aliphatic heterocycles. The van der Waals surface area contributed by atoms with Gasteiger partial charge in [0, 0.05) is 19.0 Å². The van der Waals surface area contributed by atoms with Crippen LogP contribution >= 0.6 is 0 Å². The van der Waals surface area contributed by atoms with Crippen LogP contribution in [0, 0.1) is 5.92 Å². The molecule has 0 aromatic heterocycles. The molecule has 0 saturated heterocycles. The predicted molar refractivity (Wildman–Crippen MR) is 111 cm³/mol. The number of nitrogens with one attached hydrogen (secondary N) is 4. The van der Waals surface area contributed by atoms with Crippen molar-refractivity contribution in [3.8, 4) is 5.75 Å². The summed E-state index contributed by atoms with van der Waals surface area (Å²) in [6, 6.07) is 5.23. The first-order valence-electron chi connectivity index (χ1n) is 9.73. The number of carbonyl (C=O) groups is 4. The van der Waals surface area contributed by atoms with Crippen LogP contribution in [0.25, 0.3) is 0 Å². The zero-order chi connectivity index (χ0) is 22.7. The van der Waals surface area contributed by atoms with Crippen LogP contribution < -0.4 is 27.0 Å². The lowest BCUT2D eigenvalue weighted by atomic mass is 10.0. The minimum Gasteiger partial charge on any atom is -0.508 e. The van der Waals surface area contributed by atoms with Gasteiger partial charge in [0.1, 0.15) is 11.8 Å². The summed E-state index contributed by atoms with van der Waals surface area (Å²) in [7, 11) is 0. The molecule has 0 saturated carbocycles. The average molecular weight is 421 g/mol. The van der Waals surface area contributed by atoms with Crippen molar-refractivity contribution in [1.29, 1.82) is 0 Å². The minimum absolute atomic E-state index is 0.0684. The molecule has 1 aromatic carbocycles. The Morgan fingerprint density at radius 1 is 0.933 bits per heavy atom. The van der Waals surface area contributed by atoms with Crippen LogP contribution in [0.1, 0.15) is 32.8 Å². The van der Waals surface area contributed by atoms with Crippen molar-refractivity contribution < 1.29 is 24.3 Å². The molecule has 7 N–H and O–H groups in total. The highest BCUT2D eigenvalue weighted by Gasteiger charge is 2.24. The molecule has 0 bridgehead atoms. The highest BCUT2D eigenvalue weighted by Crippen LogP contribution is 2.09. The van der Waals surface area contributed by atoms with Gasteiger partial charge in [0.2, 0.25) is 23.6 Å². The molecule has 0 aliphatic rings. The lowest BCUT2D eigenvalue weighted by molar-refractivity contribution is -0.131. The molecule has 30 heavy (non-hydrogen) atoms. The van der Waals surface area contributed by atoms with Crippen LogP contribution in [0.15, 0.2) is 24.3 Å². The van der Waals surface area contributed by atoms with Gasteiger partial charge in [-0.15, -0.1) is 0 Å². The third kappa shape index (κ3) is 9.37. The van der Waals surface area contributed by atoms with Crippen molar-refractivity contribution in [3.63, 3.8) is 0 Å². The van der Waals surface area contributed by atoms with E-state index in [9.17, 15) is 24.3 Å². The SMILES string of the molecule is CC(CC(=O)NCc1ccc(O)cc1)NC(=O)CNC(=O)C(NC(=O)CN)C(C)C. The zero-order valence-corrected chi connectivity index (χ0v) is 17.5. The molecule has 4 amide bonds. The van der Waals surface area contributed by atoms with Gasteiger partial charge in [0.25, 0.3) is 0 Å². The maximum absolute atomic E-state index is 12.2. The minimum atomic E-state index is -0.794. The molecule has 10 nitrogen and oxygen atoms in total. The van der Waals surface area contributed by atoms with Crippen molar-refractivity contribution in [2.24, 2.45) is 11.7 Å². The topological polar surface area (TPSA) is 163 Å². The summed E-state index contributed by atoms with van der Waals surface area (Å²) in [5, 5.41) is 19.6. The standard InChI is InChI=1S/C20H31N5O5/c1-12(2)19(25-17(28)9-21)20(30)23-11-18(29)24-13(3)8-16(27)22-10-14-4-6-15(26)7-5-14/h4-7,12-13,19,26H,8-11,21H2,1-3H3,(H,22,27)(H,23,30)(H,24,29)(H,25,28). The molecular weight excluding hydrogens is 390 g/mol. The smallest absolute Gasteiger partial charge is 0.243 e. The molecule has 0 radical (unpaired) electrons. The lowest BCUT2D eigenvalue weighted by Crippen LogP contribution is -2.53. The van der Waals surface area contributed by atoms with Gasteiger partial charge < -0.3 is 32.1 Å². The molecule has 0 heterocycles. The Hall–Kier alpha value is -3.14. The first kappa shape index (κ1) is 24.9. The quantitative estimate of drug-likeness (QED) is 0.272. The van der Waals surface area contributed by atoms with E-state index in [1.54, 1.807) is 32.9 Å². The van der Waals surface area contributed by atoms with E-state index in [0.717, 1.165) is 5.56 Å². The molecule has 0 aliphatic carbocycles. The fourth-order valence-electron chi connectivity index (χ4n) is 2.59. The number of rotatable bonds is 11. The summed E-state index contributed by atoms with van der Waals surface area (Å²) < 4.78 is 0. The number of hydrogen-bond acceptors (Lipinski definition) is 6. The summed E-state index contributed by atoms with van der Waals surface area (Å²) in [5.41, 5.74) is 6.08. The molecule has 0 fully saturated rings. The Balaban J connectivity index is 2.37. The van der Waals surface area contributed by atoms with Crippen molar-refractivity contribution in [3.05, 3.63) is 29.8 Å². The van der Waals surface area contributed by atoms with E-state index in [4.69, 9.17) is 5.73 Å². The van der Waals surface area contributed by atoms with Crippen molar-refractivity contribution >= 4 is 23.6 Å². The normalized spacial score (nSPS) is 12.6. The number of phenols is 1. The summed E-state index contributed by atoms with van der Waals surface area (Å²) >= 11 is 0. The molecular formula is C20H31N5O5. The molecule has 2 atom stereocenters. The van der Waals surface area contributed by atoms with Gasteiger partial charge >= 0.3 is 0 Å². The predicted octanol–water partition coefficient (Wildman–Crippen LogP) is -0.881. The highest BCUT2D eigenvalue weighted by molar-refractivity contribution is 5.91. The number of amides is 4. The average Bonchev–Trinajstić information content (AvgIpc) is 2.69. The lowest BCUT2D eigenvalue weighted by Gasteiger charge is -2.21. The van der Waals surface area contributed by atoms with Crippen LogP contribution in [0.3, 0.4) is 0 Å². The van der Waals surface area contributed by atoms with Crippen LogP contribution in [0.5, 0.6) is 5.75 Å². The third-order valence-corrected chi connectivity index (χ3v) is 4.20. The van der Waals surface area contributed by atoms with Gasteiger partial charge in [-0.2, -0.15) is 0 Å². The molecule has 1 rings (SSSR count). The van der Waals surface area contributed by atoms with Gasteiger partial charge in [-0.3, -0.25) is 19.2 Å². The molecule has 1 aromatic rings. The Morgan fingerprint density at radius 3 is 2.13 bits per heavy atom. The molecule has 10 heteroatoms. The van der Waals surface area contributed by atoms with Gasteiger partial charge in [0.15, 0.2) is 0 Å². The fourth-order valence-corrected chi connectivity index (χ4v) is 2.59. The summed E-state index contributed by atoms with van der Waals surface area (Å²) in [6.45, 7) is 5.00. The van der Waals surface area contributed by atoms with E-state index in [-0.39, 0.29) is 37.1 Å². The number of nitrogens with two attached hydrogens (primary N) is 1. The number of carbonyl (C=O) groups excluding carboxylic acids is 4. The van der Waals surface area contributed by atoms with Crippen LogP contribution in [0.2, 0.25) is 0 Å².